The topological polar surface area (TPSA) is 52.3 Å². The zero-order valence-electron chi connectivity index (χ0n) is 7.62. The maximum Gasteiger partial charge on any atom is 0.191 e. The van der Waals surface area contributed by atoms with E-state index >= 15 is 0 Å². The van der Waals surface area contributed by atoms with Crippen LogP contribution in [0.5, 0.6) is 0 Å². The van der Waals surface area contributed by atoms with Crippen molar-refractivity contribution in [2.45, 2.75) is 13.5 Å². The molecule has 1 unspecified atom stereocenters. The summed E-state index contributed by atoms with van der Waals surface area (Å²) in [5.74, 6) is 0. The lowest BCUT2D eigenvalue weighted by Gasteiger charge is -2.02. The molecule has 4 heteroatoms. The van der Waals surface area contributed by atoms with Crippen LogP contribution in [-0.2, 0) is 15.7 Å². The van der Waals surface area contributed by atoms with Gasteiger partial charge >= 0.3 is 0 Å². The van der Waals surface area contributed by atoms with E-state index in [9.17, 15) is 4.57 Å². The molecule has 1 aromatic carbocycles. The second-order valence-electron chi connectivity index (χ2n) is 2.76. The highest BCUT2D eigenvalue weighted by Crippen LogP contribution is 2.23. The van der Waals surface area contributed by atoms with Crippen LogP contribution in [0.2, 0.25) is 0 Å². The number of hydrogen-bond donors (Lipinski definition) is 1. The number of hydrogen-bond acceptors (Lipinski definition) is 3. The van der Waals surface area contributed by atoms with Gasteiger partial charge in [0.15, 0.2) is 8.03 Å². The van der Waals surface area contributed by atoms with Crippen LogP contribution in [0.15, 0.2) is 24.3 Å². The van der Waals surface area contributed by atoms with Gasteiger partial charge in [0.1, 0.15) is 0 Å². The molecule has 0 bridgehead atoms. The number of rotatable bonds is 4. The van der Waals surface area contributed by atoms with Crippen LogP contribution < -0.4 is 5.73 Å². The van der Waals surface area contributed by atoms with Gasteiger partial charge in [0.25, 0.3) is 0 Å². The number of nitrogen functional groups attached to an aromatic ring is 1. The van der Waals surface area contributed by atoms with Crippen LogP contribution in [0.4, 0.5) is 5.69 Å². The predicted octanol–water partition coefficient (Wildman–Crippen LogP) is 2.28. The van der Waals surface area contributed by atoms with Crippen molar-refractivity contribution < 1.29 is 9.09 Å². The largest absolute Gasteiger partial charge is 0.399 e. The summed E-state index contributed by atoms with van der Waals surface area (Å²) in [6.07, 6.45) is 0.597. The molecule has 0 aromatic heterocycles. The Labute approximate surface area is 78.8 Å². The molecular formula is C9H14NO2P. The number of anilines is 1. The Balaban J connectivity index is 2.46. The maximum absolute atomic E-state index is 11.0. The molecule has 0 saturated heterocycles. The third kappa shape index (κ3) is 3.62. The third-order valence-corrected chi connectivity index (χ3v) is 2.71. The molecular weight excluding hydrogens is 185 g/mol. The average molecular weight is 199 g/mol. The molecule has 0 aliphatic rings. The second kappa shape index (κ2) is 5.05. The van der Waals surface area contributed by atoms with Gasteiger partial charge in [-0.2, -0.15) is 0 Å². The lowest BCUT2D eigenvalue weighted by atomic mass is 10.2. The van der Waals surface area contributed by atoms with Crippen LogP contribution in [0.25, 0.3) is 0 Å². The highest BCUT2D eigenvalue weighted by atomic mass is 31.1. The summed E-state index contributed by atoms with van der Waals surface area (Å²) < 4.78 is 16.1. The molecule has 1 atom stereocenters. The first-order chi connectivity index (χ1) is 6.22. The molecule has 1 rings (SSSR count). The van der Waals surface area contributed by atoms with Crippen molar-refractivity contribution in [1.29, 1.82) is 0 Å². The molecule has 0 spiro atoms. The molecule has 0 aliphatic heterocycles. The van der Waals surface area contributed by atoms with Crippen LogP contribution in [0, 0.1) is 0 Å². The van der Waals surface area contributed by atoms with E-state index in [1.54, 1.807) is 0 Å². The fourth-order valence-electron chi connectivity index (χ4n) is 0.880. The summed E-state index contributed by atoms with van der Waals surface area (Å²) in [5, 5.41) is 0. The van der Waals surface area contributed by atoms with Crippen molar-refractivity contribution in [3.05, 3.63) is 29.8 Å². The Morgan fingerprint density at radius 3 is 2.54 bits per heavy atom. The van der Waals surface area contributed by atoms with Gasteiger partial charge < -0.3 is 10.3 Å². The Hall–Kier alpha value is -0.790. The van der Waals surface area contributed by atoms with Gasteiger partial charge in [0, 0.05) is 11.8 Å². The monoisotopic (exact) mass is 199 g/mol. The van der Waals surface area contributed by atoms with E-state index in [1.807, 2.05) is 31.2 Å². The summed E-state index contributed by atoms with van der Waals surface area (Å²) in [6, 6.07) is 7.37. The standard InChI is InChI=1S/C9H14NO2P/c1-2-13(11)12-7-8-3-5-9(10)6-4-8/h3-6,13H,2,7,10H2,1H3. The Morgan fingerprint density at radius 1 is 1.38 bits per heavy atom. The summed E-state index contributed by atoms with van der Waals surface area (Å²) in [4.78, 5) is 0. The first kappa shape index (κ1) is 10.3. The SMILES string of the molecule is CC[PH](=O)OCc1ccc(N)cc1. The van der Waals surface area contributed by atoms with Crippen molar-refractivity contribution in [3.8, 4) is 0 Å². The van der Waals surface area contributed by atoms with E-state index in [-0.39, 0.29) is 0 Å². The van der Waals surface area contributed by atoms with Crippen molar-refractivity contribution >= 4 is 13.7 Å². The molecule has 0 aliphatic carbocycles. The van der Waals surface area contributed by atoms with Gasteiger partial charge in [-0.25, -0.2) is 0 Å². The van der Waals surface area contributed by atoms with E-state index < -0.39 is 8.03 Å². The molecule has 0 radical (unpaired) electrons. The third-order valence-electron chi connectivity index (χ3n) is 1.67. The molecule has 13 heavy (non-hydrogen) atoms. The first-order valence-electron chi connectivity index (χ1n) is 4.22. The van der Waals surface area contributed by atoms with Crippen LogP contribution in [-0.4, -0.2) is 6.16 Å². The summed E-state index contributed by atoms with van der Waals surface area (Å²) in [5.41, 5.74) is 7.24. The summed E-state index contributed by atoms with van der Waals surface area (Å²) >= 11 is 0. The Bertz CT molecular complexity index is 284. The highest BCUT2D eigenvalue weighted by Gasteiger charge is 1.96. The zero-order valence-corrected chi connectivity index (χ0v) is 8.62. The quantitative estimate of drug-likeness (QED) is 0.597. The van der Waals surface area contributed by atoms with Gasteiger partial charge in [-0.1, -0.05) is 19.1 Å². The predicted molar refractivity (Wildman–Crippen MR) is 55.2 cm³/mol. The van der Waals surface area contributed by atoms with Crippen LogP contribution in [0.1, 0.15) is 12.5 Å². The molecule has 3 nitrogen and oxygen atoms in total. The minimum atomic E-state index is -1.82. The Morgan fingerprint density at radius 2 is 2.00 bits per heavy atom. The Kier molecular flexibility index (Phi) is 4.00. The van der Waals surface area contributed by atoms with Gasteiger partial charge in [-0.05, 0) is 17.7 Å². The molecule has 0 heterocycles. The summed E-state index contributed by atoms with van der Waals surface area (Å²) in [7, 11) is -1.82. The molecule has 72 valence electrons. The van der Waals surface area contributed by atoms with E-state index in [4.69, 9.17) is 10.3 Å². The van der Waals surface area contributed by atoms with E-state index in [0.29, 0.717) is 12.8 Å². The molecule has 0 fully saturated rings. The normalized spacial score (nSPS) is 12.7. The van der Waals surface area contributed by atoms with Crippen molar-refractivity contribution in [2.24, 2.45) is 0 Å². The van der Waals surface area contributed by atoms with E-state index in [1.165, 1.54) is 0 Å². The summed E-state index contributed by atoms with van der Waals surface area (Å²) in [6.45, 7) is 2.26. The lowest BCUT2D eigenvalue weighted by Crippen LogP contribution is -1.88. The minimum absolute atomic E-state index is 0.409. The van der Waals surface area contributed by atoms with Gasteiger partial charge in [0.05, 0.1) is 6.61 Å². The fraction of sp³-hybridized carbons (Fsp3) is 0.333. The van der Waals surface area contributed by atoms with Gasteiger partial charge in [-0.3, -0.25) is 4.57 Å². The average Bonchev–Trinajstić information content (AvgIpc) is 2.16. The zero-order chi connectivity index (χ0) is 9.68. The smallest absolute Gasteiger partial charge is 0.191 e. The van der Waals surface area contributed by atoms with Crippen molar-refractivity contribution in [3.63, 3.8) is 0 Å². The van der Waals surface area contributed by atoms with Crippen molar-refractivity contribution in [2.75, 3.05) is 11.9 Å². The van der Waals surface area contributed by atoms with Crippen molar-refractivity contribution in [1.82, 2.24) is 0 Å². The number of nitrogens with two attached hydrogens (primary N) is 1. The van der Waals surface area contributed by atoms with Gasteiger partial charge in [0.2, 0.25) is 0 Å². The minimum Gasteiger partial charge on any atom is -0.399 e. The second-order valence-corrected chi connectivity index (χ2v) is 4.50. The van der Waals surface area contributed by atoms with Crippen LogP contribution in [0.3, 0.4) is 0 Å². The molecule has 0 amide bonds. The number of benzene rings is 1. The van der Waals surface area contributed by atoms with E-state index in [2.05, 4.69) is 0 Å². The maximum atomic E-state index is 11.0. The highest BCUT2D eigenvalue weighted by molar-refractivity contribution is 7.39. The fourth-order valence-corrected chi connectivity index (χ4v) is 1.41. The van der Waals surface area contributed by atoms with Gasteiger partial charge in [-0.15, -0.1) is 0 Å². The van der Waals surface area contributed by atoms with E-state index in [0.717, 1.165) is 11.3 Å². The molecule has 0 saturated carbocycles. The molecule has 1 aromatic rings. The lowest BCUT2D eigenvalue weighted by molar-refractivity contribution is 0.319. The molecule has 2 N–H and O–H groups in total. The van der Waals surface area contributed by atoms with Crippen LogP contribution >= 0.6 is 8.03 Å². The first-order valence-corrected chi connectivity index (χ1v) is 5.74.